The molecule has 2 N–H and O–H groups in total. The average molecular weight is 200 g/mol. The first-order chi connectivity index (χ1) is 7.31. The molecule has 0 bridgehead atoms. The molecule has 2 rings (SSSR count). The van der Waals surface area contributed by atoms with Crippen LogP contribution < -0.4 is 5.32 Å². The van der Waals surface area contributed by atoms with Gasteiger partial charge in [-0.1, -0.05) is 30.3 Å². The first-order valence-corrected chi connectivity index (χ1v) is 4.77. The fourth-order valence-electron chi connectivity index (χ4n) is 1.46. The third-order valence-corrected chi connectivity index (χ3v) is 2.26. The maximum atomic E-state index is 11.3. The van der Waals surface area contributed by atoms with Crippen LogP contribution in [0.4, 0.5) is 0 Å². The van der Waals surface area contributed by atoms with E-state index in [1.807, 2.05) is 42.6 Å². The van der Waals surface area contributed by atoms with Gasteiger partial charge in [0.05, 0.1) is 0 Å². The lowest BCUT2D eigenvalue weighted by Crippen LogP contribution is -2.17. The lowest BCUT2D eigenvalue weighted by atomic mass is 10.1. The van der Waals surface area contributed by atoms with Crippen molar-refractivity contribution in [2.75, 3.05) is 7.05 Å². The Kier molecular flexibility index (Phi) is 2.54. The quantitative estimate of drug-likeness (QED) is 0.765. The minimum Gasteiger partial charge on any atom is -0.357 e. The van der Waals surface area contributed by atoms with E-state index in [4.69, 9.17) is 0 Å². The fraction of sp³-hybridized carbons (Fsp3) is 0.0833. The van der Waals surface area contributed by atoms with E-state index in [2.05, 4.69) is 10.3 Å². The maximum absolute atomic E-state index is 11.3. The lowest BCUT2D eigenvalue weighted by Gasteiger charge is -1.95. The van der Waals surface area contributed by atoms with E-state index >= 15 is 0 Å². The molecule has 0 unspecified atom stereocenters. The van der Waals surface area contributed by atoms with Gasteiger partial charge in [-0.05, 0) is 17.2 Å². The van der Waals surface area contributed by atoms with Gasteiger partial charge < -0.3 is 10.3 Å². The molecule has 0 fully saturated rings. The number of hydrogen-bond acceptors (Lipinski definition) is 1. The predicted molar refractivity (Wildman–Crippen MR) is 59.6 cm³/mol. The van der Waals surface area contributed by atoms with Crippen molar-refractivity contribution in [2.45, 2.75) is 0 Å². The molecule has 1 heterocycles. The van der Waals surface area contributed by atoms with Gasteiger partial charge in [-0.3, -0.25) is 4.79 Å². The van der Waals surface area contributed by atoms with Gasteiger partial charge in [0.15, 0.2) is 0 Å². The van der Waals surface area contributed by atoms with Crippen LogP contribution in [-0.4, -0.2) is 17.9 Å². The molecule has 1 aromatic heterocycles. The summed E-state index contributed by atoms with van der Waals surface area (Å²) in [6, 6.07) is 11.8. The number of H-pyrrole nitrogens is 1. The van der Waals surface area contributed by atoms with Crippen LogP contribution in [0.15, 0.2) is 42.6 Å². The van der Waals surface area contributed by atoms with Crippen LogP contribution >= 0.6 is 0 Å². The SMILES string of the molecule is CNC(=O)c1cc(-c2ccccc2)c[nH]1. The Morgan fingerprint density at radius 3 is 2.60 bits per heavy atom. The van der Waals surface area contributed by atoms with Crippen molar-refractivity contribution in [3.63, 3.8) is 0 Å². The standard InChI is InChI=1S/C12H12N2O/c1-13-12(15)11-7-10(8-14-11)9-5-3-2-4-6-9/h2-8,14H,1H3,(H,13,15). The number of rotatable bonds is 2. The van der Waals surface area contributed by atoms with Gasteiger partial charge in [-0.25, -0.2) is 0 Å². The van der Waals surface area contributed by atoms with Crippen molar-refractivity contribution < 1.29 is 4.79 Å². The Bertz CT molecular complexity index is 459. The van der Waals surface area contributed by atoms with Crippen molar-refractivity contribution in [3.8, 4) is 11.1 Å². The third kappa shape index (κ3) is 1.91. The fourth-order valence-corrected chi connectivity index (χ4v) is 1.46. The Labute approximate surface area is 88.1 Å². The molecule has 0 aliphatic heterocycles. The summed E-state index contributed by atoms with van der Waals surface area (Å²) in [4.78, 5) is 14.3. The Morgan fingerprint density at radius 1 is 1.20 bits per heavy atom. The van der Waals surface area contributed by atoms with Crippen molar-refractivity contribution in [3.05, 3.63) is 48.3 Å². The van der Waals surface area contributed by atoms with Gasteiger partial charge in [0.2, 0.25) is 0 Å². The summed E-state index contributed by atoms with van der Waals surface area (Å²) in [7, 11) is 1.62. The molecule has 0 saturated carbocycles. The molecule has 76 valence electrons. The smallest absolute Gasteiger partial charge is 0.267 e. The van der Waals surface area contributed by atoms with E-state index in [0.717, 1.165) is 11.1 Å². The van der Waals surface area contributed by atoms with Crippen LogP contribution in [0.5, 0.6) is 0 Å². The van der Waals surface area contributed by atoms with E-state index in [-0.39, 0.29) is 5.91 Å². The van der Waals surface area contributed by atoms with Crippen LogP contribution in [0.2, 0.25) is 0 Å². The first kappa shape index (κ1) is 9.52. The number of carbonyl (C=O) groups is 1. The molecule has 1 amide bonds. The van der Waals surface area contributed by atoms with Gasteiger partial charge in [0, 0.05) is 13.2 Å². The molecule has 15 heavy (non-hydrogen) atoms. The number of hydrogen-bond donors (Lipinski definition) is 2. The normalized spacial score (nSPS) is 9.93. The van der Waals surface area contributed by atoms with Gasteiger partial charge in [-0.2, -0.15) is 0 Å². The van der Waals surface area contributed by atoms with Crippen molar-refractivity contribution in [1.82, 2.24) is 10.3 Å². The first-order valence-electron chi connectivity index (χ1n) is 4.77. The zero-order valence-electron chi connectivity index (χ0n) is 8.45. The van der Waals surface area contributed by atoms with E-state index in [9.17, 15) is 4.79 Å². The molecule has 3 heteroatoms. The average Bonchev–Trinajstić information content (AvgIpc) is 2.78. The number of amides is 1. The molecule has 0 aliphatic carbocycles. The molecular weight excluding hydrogens is 188 g/mol. The van der Waals surface area contributed by atoms with Gasteiger partial charge in [0.1, 0.15) is 5.69 Å². The van der Waals surface area contributed by atoms with E-state index in [1.165, 1.54) is 0 Å². The molecule has 1 aromatic carbocycles. The zero-order chi connectivity index (χ0) is 10.7. The number of aromatic nitrogens is 1. The monoisotopic (exact) mass is 200 g/mol. The largest absolute Gasteiger partial charge is 0.357 e. The van der Waals surface area contributed by atoms with Crippen LogP contribution in [0, 0.1) is 0 Å². The summed E-state index contributed by atoms with van der Waals surface area (Å²) < 4.78 is 0. The zero-order valence-corrected chi connectivity index (χ0v) is 8.45. The molecule has 0 spiro atoms. The summed E-state index contributed by atoms with van der Waals surface area (Å²) in [5, 5.41) is 2.58. The highest BCUT2D eigenvalue weighted by atomic mass is 16.1. The number of nitrogens with one attached hydrogen (secondary N) is 2. The minimum atomic E-state index is -0.0998. The van der Waals surface area contributed by atoms with Crippen LogP contribution in [0.1, 0.15) is 10.5 Å². The second kappa shape index (κ2) is 4.00. The van der Waals surface area contributed by atoms with Crippen molar-refractivity contribution in [1.29, 1.82) is 0 Å². The highest BCUT2D eigenvalue weighted by molar-refractivity contribution is 5.93. The minimum absolute atomic E-state index is 0.0998. The van der Waals surface area contributed by atoms with Crippen LogP contribution in [0.3, 0.4) is 0 Å². The number of benzene rings is 1. The Hall–Kier alpha value is -2.03. The predicted octanol–water partition coefficient (Wildman–Crippen LogP) is 2.04. The molecule has 0 saturated heterocycles. The number of carbonyl (C=O) groups excluding carboxylic acids is 1. The van der Waals surface area contributed by atoms with E-state index in [1.54, 1.807) is 7.05 Å². The van der Waals surface area contributed by atoms with Crippen molar-refractivity contribution in [2.24, 2.45) is 0 Å². The van der Waals surface area contributed by atoms with E-state index in [0.29, 0.717) is 5.69 Å². The summed E-state index contributed by atoms with van der Waals surface area (Å²) in [6.45, 7) is 0. The van der Waals surface area contributed by atoms with Crippen LogP contribution in [0.25, 0.3) is 11.1 Å². The summed E-state index contributed by atoms with van der Waals surface area (Å²) in [5.74, 6) is -0.0998. The van der Waals surface area contributed by atoms with Gasteiger partial charge in [0.25, 0.3) is 5.91 Å². The summed E-state index contributed by atoms with van der Waals surface area (Å²) >= 11 is 0. The molecule has 3 nitrogen and oxygen atoms in total. The third-order valence-electron chi connectivity index (χ3n) is 2.26. The Balaban J connectivity index is 2.32. The molecule has 2 aromatic rings. The topological polar surface area (TPSA) is 44.9 Å². The summed E-state index contributed by atoms with van der Waals surface area (Å²) in [6.07, 6.45) is 1.83. The lowest BCUT2D eigenvalue weighted by molar-refractivity contribution is 0.0959. The second-order valence-corrected chi connectivity index (χ2v) is 3.25. The maximum Gasteiger partial charge on any atom is 0.267 e. The Morgan fingerprint density at radius 2 is 1.93 bits per heavy atom. The van der Waals surface area contributed by atoms with Gasteiger partial charge in [-0.15, -0.1) is 0 Å². The molecular formula is C12H12N2O. The molecule has 0 aliphatic rings. The number of aromatic amines is 1. The summed E-state index contributed by atoms with van der Waals surface area (Å²) in [5.41, 5.74) is 2.70. The highest BCUT2D eigenvalue weighted by Crippen LogP contribution is 2.19. The molecule has 0 atom stereocenters. The highest BCUT2D eigenvalue weighted by Gasteiger charge is 2.06. The second-order valence-electron chi connectivity index (χ2n) is 3.25. The van der Waals surface area contributed by atoms with Crippen molar-refractivity contribution >= 4 is 5.91 Å². The molecule has 0 radical (unpaired) electrons. The van der Waals surface area contributed by atoms with Gasteiger partial charge >= 0.3 is 0 Å². The van der Waals surface area contributed by atoms with E-state index < -0.39 is 0 Å². The van der Waals surface area contributed by atoms with Crippen LogP contribution in [-0.2, 0) is 0 Å².